The van der Waals surface area contributed by atoms with Gasteiger partial charge in [0, 0.05) is 13.2 Å². The van der Waals surface area contributed by atoms with Gasteiger partial charge in [0.2, 0.25) is 0 Å². The van der Waals surface area contributed by atoms with Crippen molar-refractivity contribution in [2.45, 2.75) is 38.0 Å². The Hall–Kier alpha value is -0.940. The first-order valence-electron chi connectivity index (χ1n) is 7.39. The monoisotopic (exact) mass is 279 g/mol. The molecule has 20 heavy (non-hydrogen) atoms. The molecular formula is C16H25NO3. The predicted octanol–water partition coefficient (Wildman–Crippen LogP) is 2.03. The highest BCUT2D eigenvalue weighted by Gasteiger charge is 2.24. The molecule has 0 aliphatic carbocycles. The van der Waals surface area contributed by atoms with E-state index in [9.17, 15) is 5.11 Å². The SMILES string of the molecule is C[C@](CO)(NCCO[C@@H]1CCCCO1)c1ccccc1. The van der Waals surface area contributed by atoms with Crippen LogP contribution in [0.15, 0.2) is 30.3 Å². The summed E-state index contributed by atoms with van der Waals surface area (Å²) in [5.41, 5.74) is 0.648. The van der Waals surface area contributed by atoms with Gasteiger partial charge in [0.05, 0.1) is 18.8 Å². The van der Waals surface area contributed by atoms with Crippen molar-refractivity contribution >= 4 is 0 Å². The van der Waals surface area contributed by atoms with Crippen LogP contribution in [-0.2, 0) is 15.0 Å². The fourth-order valence-electron chi connectivity index (χ4n) is 2.42. The first-order chi connectivity index (χ1) is 9.74. The zero-order chi connectivity index (χ0) is 14.3. The number of aliphatic hydroxyl groups is 1. The minimum absolute atomic E-state index is 0.0525. The first kappa shape index (κ1) is 15.4. The zero-order valence-electron chi connectivity index (χ0n) is 12.2. The van der Waals surface area contributed by atoms with Crippen LogP contribution < -0.4 is 5.32 Å². The Labute approximate surface area is 121 Å². The van der Waals surface area contributed by atoms with Gasteiger partial charge in [-0.15, -0.1) is 0 Å². The predicted molar refractivity (Wildman–Crippen MR) is 78.4 cm³/mol. The van der Waals surface area contributed by atoms with Crippen molar-refractivity contribution in [1.82, 2.24) is 5.32 Å². The Balaban J connectivity index is 1.76. The molecule has 0 radical (unpaired) electrons. The molecule has 1 saturated heterocycles. The summed E-state index contributed by atoms with van der Waals surface area (Å²) in [6.07, 6.45) is 3.24. The highest BCUT2D eigenvalue weighted by molar-refractivity contribution is 5.23. The summed E-state index contributed by atoms with van der Waals surface area (Å²) in [5.74, 6) is 0. The quantitative estimate of drug-likeness (QED) is 0.750. The topological polar surface area (TPSA) is 50.7 Å². The van der Waals surface area contributed by atoms with Crippen molar-refractivity contribution in [3.8, 4) is 0 Å². The van der Waals surface area contributed by atoms with Crippen LogP contribution in [0.1, 0.15) is 31.7 Å². The van der Waals surface area contributed by atoms with Crippen molar-refractivity contribution in [3.05, 3.63) is 35.9 Å². The molecular weight excluding hydrogens is 254 g/mol. The van der Waals surface area contributed by atoms with Gasteiger partial charge in [-0.2, -0.15) is 0 Å². The standard InChI is InChI=1S/C16H25NO3/c1-16(13-18,14-7-3-2-4-8-14)17-10-12-20-15-9-5-6-11-19-15/h2-4,7-8,15,17-18H,5-6,9-13H2,1H3/t15-,16-/m1/s1. The Morgan fingerprint density at radius 2 is 2.15 bits per heavy atom. The van der Waals surface area contributed by atoms with Crippen molar-refractivity contribution in [2.24, 2.45) is 0 Å². The molecule has 1 aliphatic rings. The molecule has 2 N–H and O–H groups in total. The van der Waals surface area contributed by atoms with Crippen molar-refractivity contribution in [1.29, 1.82) is 0 Å². The van der Waals surface area contributed by atoms with E-state index in [4.69, 9.17) is 9.47 Å². The summed E-state index contributed by atoms with van der Waals surface area (Å²) in [6.45, 7) is 4.13. The van der Waals surface area contributed by atoms with Crippen molar-refractivity contribution in [3.63, 3.8) is 0 Å². The van der Waals surface area contributed by atoms with Gasteiger partial charge in [-0.05, 0) is 31.7 Å². The molecule has 0 unspecified atom stereocenters. The lowest BCUT2D eigenvalue weighted by molar-refractivity contribution is -0.161. The van der Waals surface area contributed by atoms with E-state index >= 15 is 0 Å². The summed E-state index contributed by atoms with van der Waals surface area (Å²) >= 11 is 0. The summed E-state index contributed by atoms with van der Waals surface area (Å²) in [5, 5.41) is 13.0. The lowest BCUT2D eigenvalue weighted by Gasteiger charge is -2.30. The fourth-order valence-corrected chi connectivity index (χ4v) is 2.42. The third kappa shape index (κ3) is 4.28. The van der Waals surface area contributed by atoms with E-state index in [1.54, 1.807) is 0 Å². The smallest absolute Gasteiger partial charge is 0.157 e. The molecule has 0 bridgehead atoms. The van der Waals surface area contributed by atoms with Crippen LogP contribution in [-0.4, -0.2) is 37.8 Å². The van der Waals surface area contributed by atoms with Gasteiger partial charge in [0.15, 0.2) is 6.29 Å². The summed E-state index contributed by atoms with van der Waals surface area (Å²) < 4.78 is 11.2. The fraction of sp³-hybridized carbons (Fsp3) is 0.625. The minimum Gasteiger partial charge on any atom is -0.394 e. The maximum Gasteiger partial charge on any atom is 0.157 e. The number of rotatable bonds is 7. The maximum absolute atomic E-state index is 9.66. The number of ether oxygens (including phenoxy) is 2. The van der Waals surface area contributed by atoms with Gasteiger partial charge in [-0.25, -0.2) is 0 Å². The molecule has 1 heterocycles. The molecule has 0 amide bonds. The average Bonchev–Trinajstić information content (AvgIpc) is 2.53. The van der Waals surface area contributed by atoms with Crippen molar-refractivity contribution in [2.75, 3.05) is 26.4 Å². The number of hydrogen-bond acceptors (Lipinski definition) is 4. The highest BCUT2D eigenvalue weighted by Crippen LogP contribution is 2.19. The molecule has 112 valence electrons. The second-order valence-corrected chi connectivity index (χ2v) is 5.45. The number of nitrogens with one attached hydrogen (secondary N) is 1. The van der Waals surface area contributed by atoms with Crippen LogP contribution in [0.2, 0.25) is 0 Å². The molecule has 1 aliphatic heterocycles. The van der Waals surface area contributed by atoms with Crippen LogP contribution in [0, 0.1) is 0 Å². The van der Waals surface area contributed by atoms with Crippen LogP contribution in [0.25, 0.3) is 0 Å². The first-order valence-corrected chi connectivity index (χ1v) is 7.39. The highest BCUT2D eigenvalue weighted by atomic mass is 16.7. The Morgan fingerprint density at radius 1 is 1.35 bits per heavy atom. The Bertz CT molecular complexity index is 379. The van der Waals surface area contributed by atoms with Gasteiger partial charge in [0.25, 0.3) is 0 Å². The third-order valence-electron chi connectivity index (χ3n) is 3.79. The zero-order valence-corrected chi connectivity index (χ0v) is 12.2. The minimum atomic E-state index is -0.432. The molecule has 0 saturated carbocycles. The average molecular weight is 279 g/mol. The van der Waals surface area contributed by atoms with E-state index in [1.807, 2.05) is 37.3 Å². The summed E-state index contributed by atoms with van der Waals surface area (Å²) in [7, 11) is 0. The second kappa shape index (κ2) is 7.74. The Kier molecular flexibility index (Phi) is 5.98. The van der Waals surface area contributed by atoms with Gasteiger partial charge in [-0.3, -0.25) is 0 Å². The van der Waals surface area contributed by atoms with E-state index in [1.165, 1.54) is 6.42 Å². The molecule has 4 nitrogen and oxygen atoms in total. The lowest BCUT2D eigenvalue weighted by atomic mass is 9.93. The largest absolute Gasteiger partial charge is 0.394 e. The molecule has 1 aromatic carbocycles. The van der Waals surface area contributed by atoms with Crippen LogP contribution >= 0.6 is 0 Å². The lowest BCUT2D eigenvalue weighted by Crippen LogP contribution is -2.44. The summed E-state index contributed by atoms with van der Waals surface area (Å²) in [4.78, 5) is 0. The molecule has 1 aromatic rings. The molecule has 4 heteroatoms. The second-order valence-electron chi connectivity index (χ2n) is 5.45. The van der Waals surface area contributed by atoms with E-state index in [0.717, 1.165) is 25.0 Å². The number of benzene rings is 1. The van der Waals surface area contributed by atoms with Crippen LogP contribution in [0.5, 0.6) is 0 Å². The van der Waals surface area contributed by atoms with Gasteiger partial charge in [-0.1, -0.05) is 30.3 Å². The van der Waals surface area contributed by atoms with Crippen LogP contribution in [0.3, 0.4) is 0 Å². The van der Waals surface area contributed by atoms with E-state index in [2.05, 4.69) is 5.32 Å². The molecule has 2 rings (SSSR count). The Morgan fingerprint density at radius 3 is 2.80 bits per heavy atom. The van der Waals surface area contributed by atoms with Gasteiger partial charge in [0.1, 0.15) is 0 Å². The van der Waals surface area contributed by atoms with E-state index < -0.39 is 5.54 Å². The van der Waals surface area contributed by atoms with Gasteiger partial charge >= 0.3 is 0 Å². The molecule has 0 spiro atoms. The molecule has 0 aromatic heterocycles. The van der Waals surface area contributed by atoms with E-state index in [-0.39, 0.29) is 12.9 Å². The summed E-state index contributed by atoms with van der Waals surface area (Å²) in [6, 6.07) is 9.99. The van der Waals surface area contributed by atoms with Gasteiger partial charge < -0.3 is 19.9 Å². The molecule has 1 fully saturated rings. The van der Waals surface area contributed by atoms with Crippen molar-refractivity contribution < 1.29 is 14.6 Å². The third-order valence-corrected chi connectivity index (χ3v) is 3.79. The van der Waals surface area contributed by atoms with Crippen LogP contribution in [0.4, 0.5) is 0 Å². The normalized spacial score (nSPS) is 22.4. The van der Waals surface area contributed by atoms with E-state index in [0.29, 0.717) is 13.2 Å². The maximum atomic E-state index is 9.66. The molecule has 2 atom stereocenters. The number of aliphatic hydroxyl groups excluding tert-OH is 1. The number of hydrogen-bond donors (Lipinski definition) is 2.